The Morgan fingerprint density at radius 2 is 1.90 bits per heavy atom. The Morgan fingerprint density at radius 1 is 1.19 bits per heavy atom. The monoisotopic (exact) mass is 442 g/mol. The first-order valence-corrected chi connectivity index (χ1v) is 11.8. The second-order valence-corrected chi connectivity index (χ2v) is 10.1. The second-order valence-electron chi connectivity index (χ2n) is 9.62. The van der Waals surface area contributed by atoms with Gasteiger partial charge >= 0.3 is 0 Å². The molecule has 0 bridgehead atoms. The molecule has 5 rings (SSSR count). The molecule has 6 nitrogen and oxygen atoms in total. The van der Waals surface area contributed by atoms with Gasteiger partial charge in [0.05, 0.1) is 5.69 Å². The fourth-order valence-electron chi connectivity index (χ4n) is 5.43. The lowest BCUT2D eigenvalue weighted by molar-refractivity contribution is -0.145. The first-order valence-electron chi connectivity index (χ1n) is 11.4. The number of halogens is 1. The maximum absolute atomic E-state index is 12.4. The van der Waals surface area contributed by atoms with E-state index in [9.17, 15) is 4.79 Å². The zero-order valence-electron chi connectivity index (χ0n) is 18.2. The van der Waals surface area contributed by atoms with Crippen LogP contribution in [-0.2, 0) is 11.3 Å². The van der Waals surface area contributed by atoms with Gasteiger partial charge in [-0.3, -0.25) is 9.69 Å². The average Bonchev–Trinajstić information content (AvgIpc) is 3.33. The molecule has 1 amide bonds. The predicted molar refractivity (Wildman–Crippen MR) is 121 cm³/mol. The van der Waals surface area contributed by atoms with E-state index in [2.05, 4.69) is 15.1 Å². The highest BCUT2D eigenvalue weighted by molar-refractivity contribution is 6.30. The van der Waals surface area contributed by atoms with E-state index >= 15 is 0 Å². The Kier molecular flexibility index (Phi) is 5.80. The van der Waals surface area contributed by atoms with Crippen LogP contribution in [0.1, 0.15) is 37.1 Å². The predicted octanol–water partition coefficient (Wildman–Crippen LogP) is 3.73. The smallest absolute Gasteiger partial charge is 0.226 e. The number of benzene rings is 1. The molecule has 3 heterocycles. The van der Waals surface area contributed by atoms with E-state index in [0.29, 0.717) is 16.3 Å². The van der Waals surface area contributed by atoms with E-state index in [1.54, 1.807) is 0 Å². The van der Waals surface area contributed by atoms with Crippen LogP contribution in [0.15, 0.2) is 28.7 Å². The number of hydrogen-bond acceptors (Lipinski definition) is 5. The van der Waals surface area contributed by atoms with Crippen molar-refractivity contribution in [2.24, 2.45) is 11.3 Å². The van der Waals surface area contributed by atoms with Gasteiger partial charge in [0.2, 0.25) is 11.8 Å². The van der Waals surface area contributed by atoms with Gasteiger partial charge in [0.25, 0.3) is 0 Å². The molecule has 7 heteroatoms. The lowest BCUT2D eigenvalue weighted by Crippen LogP contribution is -2.63. The van der Waals surface area contributed by atoms with Gasteiger partial charge in [-0.05, 0) is 75.4 Å². The second kappa shape index (κ2) is 8.57. The Hall–Kier alpha value is -1.89. The van der Waals surface area contributed by atoms with Crippen LogP contribution >= 0.6 is 11.6 Å². The number of amides is 1. The lowest BCUT2D eigenvalue weighted by Gasteiger charge is -2.58. The molecule has 1 aromatic heterocycles. The summed E-state index contributed by atoms with van der Waals surface area (Å²) in [6, 6.07) is 7.57. The number of likely N-dealkylation sites (tertiary alicyclic amines) is 2. The minimum atomic E-state index is 0.200. The number of aromatic nitrogens is 1. The first-order chi connectivity index (χ1) is 15.0. The van der Waals surface area contributed by atoms with Crippen molar-refractivity contribution in [2.45, 2.75) is 39.2 Å². The van der Waals surface area contributed by atoms with Gasteiger partial charge < -0.3 is 14.6 Å². The molecule has 1 saturated carbocycles. The number of rotatable bonds is 7. The standard InChI is InChI=1S/C24H31ClN4O2/c1-17-21(27-23(31-17)18-4-6-20(25)7-5-18)14-29-15-24(16-29)12-19(13-24)22(30)26-8-11-28-9-2-3-10-28/h4-7,19H,2-3,8-16H2,1H3,(H,26,30). The molecule has 31 heavy (non-hydrogen) atoms. The summed E-state index contributed by atoms with van der Waals surface area (Å²) < 4.78 is 5.89. The summed E-state index contributed by atoms with van der Waals surface area (Å²) in [7, 11) is 0. The number of carbonyl (C=O) groups is 1. The summed E-state index contributed by atoms with van der Waals surface area (Å²) in [4.78, 5) is 22.0. The van der Waals surface area contributed by atoms with Crippen LogP contribution in [0.3, 0.4) is 0 Å². The third-order valence-electron chi connectivity index (χ3n) is 7.13. The molecule has 2 saturated heterocycles. The summed E-state index contributed by atoms with van der Waals surface area (Å²) in [5.74, 6) is 1.97. The van der Waals surface area contributed by atoms with Gasteiger partial charge in [-0.1, -0.05) is 11.6 Å². The molecule has 1 aliphatic carbocycles. The van der Waals surface area contributed by atoms with E-state index < -0.39 is 0 Å². The number of oxazole rings is 1. The number of aryl methyl sites for hydroxylation is 1. The van der Waals surface area contributed by atoms with Crippen LogP contribution in [0.2, 0.25) is 5.02 Å². The number of carbonyl (C=O) groups excluding carboxylic acids is 1. The van der Waals surface area contributed by atoms with Gasteiger partial charge in [-0.2, -0.15) is 0 Å². The molecule has 0 atom stereocenters. The van der Waals surface area contributed by atoms with Gasteiger partial charge in [0.15, 0.2) is 0 Å². The Labute approximate surface area is 188 Å². The highest BCUT2D eigenvalue weighted by Gasteiger charge is 2.54. The maximum atomic E-state index is 12.4. The highest BCUT2D eigenvalue weighted by atomic mass is 35.5. The van der Waals surface area contributed by atoms with E-state index in [-0.39, 0.29) is 11.8 Å². The lowest BCUT2D eigenvalue weighted by atomic mass is 9.57. The Balaban J connectivity index is 1.06. The molecule has 1 spiro atoms. The van der Waals surface area contributed by atoms with Crippen molar-refractivity contribution in [3.8, 4) is 11.5 Å². The van der Waals surface area contributed by atoms with Crippen molar-refractivity contribution in [3.05, 3.63) is 40.7 Å². The first kappa shape index (κ1) is 21.0. The zero-order chi connectivity index (χ0) is 21.4. The molecule has 2 aliphatic heterocycles. The third-order valence-corrected chi connectivity index (χ3v) is 7.38. The summed E-state index contributed by atoms with van der Waals surface area (Å²) in [6.07, 6.45) is 4.64. The molecular weight excluding hydrogens is 412 g/mol. The molecule has 1 N–H and O–H groups in total. The largest absolute Gasteiger partial charge is 0.441 e. The van der Waals surface area contributed by atoms with E-state index in [4.69, 9.17) is 21.0 Å². The van der Waals surface area contributed by atoms with Crippen molar-refractivity contribution in [3.63, 3.8) is 0 Å². The van der Waals surface area contributed by atoms with E-state index in [1.165, 1.54) is 25.9 Å². The molecule has 2 aromatic rings. The highest BCUT2D eigenvalue weighted by Crippen LogP contribution is 2.52. The average molecular weight is 443 g/mol. The molecule has 3 aliphatic rings. The van der Waals surface area contributed by atoms with Crippen LogP contribution in [0.4, 0.5) is 0 Å². The van der Waals surface area contributed by atoms with E-state index in [0.717, 1.165) is 62.6 Å². The summed E-state index contributed by atoms with van der Waals surface area (Å²) in [6.45, 7) is 9.03. The van der Waals surface area contributed by atoms with Crippen molar-refractivity contribution in [1.82, 2.24) is 20.1 Å². The summed E-state index contributed by atoms with van der Waals surface area (Å²) in [5.41, 5.74) is 2.28. The normalized spacial score (nSPS) is 21.2. The number of nitrogens with one attached hydrogen (secondary N) is 1. The minimum absolute atomic E-state index is 0.200. The quantitative estimate of drug-likeness (QED) is 0.708. The van der Waals surface area contributed by atoms with Crippen molar-refractivity contribution < 1.29 is 9.21 Å². The minimum Gasteiger partial charge on any atom is -0.441 e. The molecule has 0 unspecified atom stereocenters. The number of nitrogens with zero attached hydrogens (tertiary/aromatic N) is 3. The fraction of sp³-hybridized carbons (Fsp3) is 0.583. The van der Waals surface area contributed by atoms with Gasteiger partial charge in [0.1, 0.15) is 5.76 Å². The number of hydrogen-bond donors (Lipinski definition) is 1. The van der Waals surface area contributed by atoms with Crippen LogP contribution < -0.4 is 5.32 Å². The van der Waals surface area contributed by atoms with Gasteiger partial charge in [-0.15, -0.1) is 0 Å². The van der Waals surface area contributed by atoms with Crippen LogP contribution in [0.25, 0.3) is 11.5 Å². The fourth-order valence-corrected chi connectivity index (χ4v) is 5.56. The van der Waals surface area contributed by atoms with Crippen LogP contribution in [0, 0.1) is 18.3 Å². The molecule has 3 fully saturated rings. The van der Waals surface area contributed by atoms with E-state index in [1.807, 2.05) is 31.2 Å². The Morgan fingerprint density at radius 3 is 2.61 bits per heavy atom. The van der Waals surface area contributed by atoms with Crippen molar-refractivity contribution in [2.75, 3.05) is 39.3 Å². The SMILES string of the molecule is Cc1oc(-c2ccc(Cl)cc2)nc1CN1CC2(CC(C(=O)NCCN3CCCC3)C2)C1. The molecule has 1 aromatic carbocycles. The van der Waals surface area contributed by atoms with Gasteiger partial charge in [0, 0.05) is 49.2 Å². The maximum Gasteiger partial charge on any atom is 0.226 e. The molecule has 0 radical (unpaired) electrons. The summed E-state index contributed by atoms with van der Waals surface area (Å²) in [5, 5.41) is 3.86. The summed E-state index contributed by atoms with van der Waals surface area (Å²) >= 11 is 5.97. The van der Waals surface area contributed by atoms with Crippen LogP contribution in [-0.4, -0.2) is 60.0 Å². The van der Waals surface area contributed by atoms with Crippen molar-refractivity contribution >= 4 is 17.5 Å². The van der Waals surface area contributed by atoms with Gasteiger partial charge in [-0.25, -0.2) is 4.98 Å². The zero-order valence-corrected chi connectivity index (χ0v) is 19.0. The Bertz CT molecular complexity index is 922. The van der Waals surface area contributed by atoms with Crippen molar-refractivity contribution in [1.29, 1.82) is 0 Å². The van der Waals surface area contributed by atoms with Crippen LogP contribution in [0.5, 0.6) is 0 Å². The molecular formula is C24H31ClN4O2. The topological polar surface area (TPSA) is 61.6 Å². The third kappa shape index (κ3) is 4.52. The molecule has 166 valence electrons.